The maximum atomic E-state index is 11.3. The molecule has 3 fully saturated rings. The van der Waals surface area contributed by atoms with Gasteiger partial charge in [0.15, 0.2) is 0 Å². The lowest BCUT2D eigenvalue weighted by Crippen LogP contribution is -2.68. The van der Waals surface area contributed by atoms with Crippen molar-refractivity contribution >= 4 is 0 Å². The number of fused-ring (bicyclic) bond motifs is 2. The van der Waals surface area contributed by atoms with Crippen LogP contribution in [0.5, 0.6) is 0 Å². The number of piperazine rings is 1. The van der Waals surface area contributed by atoms with Crippen molar-refractivity contribution in [2.75, 3.05) is 13.1 Å². The summed E-state index contributed by atoms with van der Waals surface area (Å²) in [6, 6.07) is 5.75. The molecule has 1 N–H and O–H groups in total. The van der Waals surface area contributed by atoms with E-state index in [-0.39, 0.29) is 5.56 Å². The molecular weight excluding hydrogens is 226 g/mol. The van der Waals surface area contributed by atoms with Gasteiger partial charge >= 0.3 is 0 Å². The predicted octanol–water partition coefficient (Wildman–Crippen LogP) is 1.04. The molecule has 18 heavy (non-hydrogen) atoms. The van der Waals surface area contributed by atoms with Crippen molar-refractivity contribution in [3.05, 3.63) is 34.2 Å². The van der Waals surface area contributed by atoms with Gasteiger partial charge in [0.2, 0.25) is 5.56 Å². The van der Waals surface area contributed by atoms with Crippen molar-refractivity contribution in [1.82, 2.24) is 14.8 Å². The Morgan fingerprint density at radius 2 is 2.11 bits per heavy atom. The number of H-pyrrole nitrogens is 1. The third-order valence-corrected chi connectivity index (χ3v) is 4.31. The summed E-state index contributed by atoms with van der Waals surface area (Å²) in [5.41, 5.74) is 1.13. The van der Waals surface area contributed by atoms with Gasteiger partial charge in [0.25, 0.3) is 0 Å². The Morgan fingerprint density at radius 3 is 2.72 bits per heavy atom. The Bertz CT molecular complexity index is 470. The number of piperidine rings is 1. The van der Waals surface area contributed by atoms with E-state index in [2.05, 4.69) is 28.6 Å². The van der Waals surface area contributed by atoms with Crippen LogP contribution in [0.4, 0.5) is 0 Å². The van der Waals surface area contributed by atoms with Crippen LogP contribution in [0.15, 0.2) is 23.1 Å². The van der Waals surface area contributed by atoms with Crippen molar-refractivity contribution in [2.45, 2.75) is 44.9 Å². The summed E-state index contributed by atoms with van der Waals surface area (Å²) in [5.74, 6) is 0. The van der Waals surface area contributed by atoms with E-state index in [0.29, 0.717) is 18.1 Å². The van der Waals surface area contributed by atoms with Crippen molar-refractivity contribution in [3.8, 4) is 0 Å². The number of nitrogens with one attached hydrogen (secondary N) is 1. The summed E-state index contributed by atoms with van der Waals surface area (Å²) in [7, 11) is 0. The summed E-state index contributed by atoms with van der Waals surface area (Å²) >= 11 is 0. The van der Waals surface area contributed by atoms with Gasteiger partial charge in [0, 0.05) is 50.0 Å². The number of aromatic amines is 1. The minimum atomic E-state index is 0.00184. The first-order chi connectivity index (χ1) is 8.63. The van der Waals surface area contributed by atoms with E-state index in [1.807, 2.05) is 6.07 Å². The standard InChI is InChI=1S/C14H21N3O/c1-10(2)16-8-12-6-13(9-16)17(12)7-11-3-4-15-14(18)5-11/h3-5,10,12-13H,6-9H2,1-2H3,(H,15,18). The smallest absolute Gasteiger partial charge is 0.248 e. The van der Waals surface area contributed by atoms with Crippen LogP contribution in [0, 0.1) is 0 Å². The molecule has 4 nitrogen and oxygen atoms in total. The molecule has 4 rings (SSSR count). The third kappa shape index (κ3) is 2.10. The first-order valence-corrected chi connectivity index (χ1v) is 6.81. The summed E-state index contributed by atoms with van der Waals surface area (Å²) < 4.78 is 0. The first-order valence-electron chi connectivity index (χ1n) is 6.81. The van der Waals surface area contributed by atoms with Crippen LogP contribution in [0.1, 0.15) is 25.8 Å². The molecular formula is C14H21N3O. The Labute approximate surface area is 108 Å². The van der Waals surface area contributed by atoms with Gasteiger partial charge in [0.1, 0.15) is 0 Å². The molecule has 4 heteroatoms. The van der Waals surface area contributed by atoms with Crippen molar-refractivity contribution in [1.29, 1.82) is 0 Å². The second kappa shape index (κ2) is 4.52. The monoisotopic (exact) mass is 247 g/mol. The van der Waals surface area contributed by atoms with E-state index < -0.39 is 0 Å². The molecule has 1 aromatic rings. The van der Waals surface area contributed by atoms with Gasteiger partial charge in [-0.1, -0.05) is 0 Å². The molecule has 0 saturated carbocycles. The fraction of sp³-hybridized carbons (Fsp3) is 0.643. The van der Waals surface area contributed by atoms with Crippen LogP contribution in [0.25, 0.3) is 0 Å². The molecule has 98 valence electrons. The lowest BCUT2D eigenvalue weighted by atomic mass is 9.86. The van der Waals surface area contributed by atoms with Crippen LogP contribution in [-0.4, -0.2) is 46.0 Å². The Kier molecular flexibility index (Phi) is 2.99. The molecule has 2 unspecified atom stereocenters. The van der Waals surface area contributed by atoms with E-state index in [9.17, 15) is 4.79 Å². The second-order valence-corrected chi connectivity index (χ2v) is 5.82. The fourth-order valence-corrected chi connectivity index (χ4v) is 3.20. The van der Waals surface area contributed by atoms with E-state index in [1.165, 1.54) is 19.5 Å². The van der Waals surface area contributed by atoms with Gasteiger partial charge in [-0.3, -0.25) is 14.6 Å². The largest absolute Gasteiger partial charge is 0.329 e. The quantitative estimate of drug-likeness (QED) is 0.867. The molecule has 2 atom stereocenters. The van der Waals surface area contributed by atoms with Crippen molar-refractivity contribution in [2.24, 2.45) is 0 Å². The summed E-state index contributed by atoms with van der Waals surface area (Å²) in [4.78, 5) is 19.1. The highest BCUT2D eigenvalue weighted by Gasteiger charge is 2.44. The fourth-order valence-electron chi connectivity index (χ4n) is 3.20. The zero-order valence-electron chi connectivity index (χ0n) is 11.1. The zero-order chi connectivity index (χ0) is 12.7. The normalized spacial score (nSPS) is 28.4. The molecule has 2 bridgehead atoms. The van der Waals surface area contributed by atoms with E-state index in [0.717, 1.165) is 12.1 Å². The molecule has 0 aromatic carbocycles. The van der Waals surface area contributed by atoms with E-state index in [4.69, 9.17) is 0 Å². The highest BCUT2D eigenvalue weighted by atomic mass is 16.1. The van der Waals surface area contributed by atoms with Gasteiger partial charge in [-0.25, -0.2) is 0 Å². The molecule has 0 aliphatic carbocycles. The van der Waals surface area contributed by atoms with E-state index >= 15 is 0 Å². The Hall–Kier alpha value is -1.13. The van der Waals surface area contributed by atoms with Crippen LogP contribution >= 0.6 is 0 Å². The molecule has 0 amide bonds. The van der Waals surface area contributed by atoms with Crippen molar-refractivity contribution in [3.63, 3.8) is 0 Å². The van der Waals surface area contributed by atoms with Crippen LogP contribution < -0.4 is 5.56 Å². The minimum Gasteiger partial charge on any atom is -0.329 e. The first kappa shape index (κ1) is 11.9. The highest BCUT2D eigenvalue weighted by molar-refractivity contribution is 5.13. The number of aromatic nitrogens is 1. The summed E-state index contributed by atoms with van der Waals surface area (Å²) in [6.45, 7) is 7.82. The number of rotatable bonds is 3. The molecule has 3 saturated heterocycles. The number of pyridine rings is 1. The van der Waals surface area contributed by atoms with Gasteiger partial charge in [-0.15, -0.1) is 0 Å². The third-order valence-electron chi connectivity index (χ3n) is 4.31. The molecule has 4 heterocycles. The SMILES string of the molecule is CC(C)N1CC2CC(C1)N2Cc1cc[nH]c(=O)c1. The summed E-state index contributed by atoms with van der Waals surface area (Å²) in [5, 5.41) is 0. The zero-order valence-corrected chi connectivity index (χ0v) is 11.1. The average Bonchev–Trinajstić information content (AvgIpc) is 2.36. The van der Waals surface area contributed by atoms with Crippen LogP contribution in [-0.2, 0) is 6.54 Å². The topological polar surface area (TPSA) is 39.3 Å². The van der Waals surface area contributed by atoms with Gasteiger partial charge in [-0.2, -0.15) is 0 Å². The number of hydrogen-bond acceptors (Lipinski definition) is 3. The van der Waals surface area contributed by atoms with Crippen molar-refractivity contribution < 1.29 is 0 Å². The molecule has 0 radical (unpaired) electrons. The molecule has 0 spiro atoms. The predicted molar refractivity (Wildman–Crippen MR) is 71.5 cm³/mol. The number of nitrogens with zero attached hydrogens (tertiary/aromatic N) is 2. The van der Waals surface area contributed by atoms with Crippen LogP contribution in [0.2, 0.25) is 0 Å². The second-order valence-electron chi connectivity index (χ2n) is 5.82. The average molecular weight is 247 g/mol. The maximum absolute atomic E-state index is 11.3. The number of hydrogen-bond donors (Lipinski definition) is 1. The maximum Gasteiger partial charge on any atom is 0.248 e. The highest BCUT2D eigenvalue weighted by Crippen LogP contribution is 2.34. The Balaban J connectivity index is 1.65. The summed E-state index contributed by atoms with van der Waals surface area (Å²) in [6.07, 6.45) is 3.07. The molecule has 3 aliphatic heterocycles. The van der Waals surface area contributed by atoms with E-state index in [1.54, 1.807) is 12.3 Å². The molecule has 1 aromatic heterocycles. The Morgan fingerprint density at radius 1 is 1.39 bits per heavy atom. The van der Waals surface area contributed by atoms with Gasteiger partial charge < -0.3 is 4.98 Å². The lowest BCUT2D eigenvalue weighted by molar-refractivity contribution is -0.0835. The van der Waals surface area contributed by atoms with Crippen LogP contribution in [0.3, 0.4) is 0 Å². The molecule has 3 aliphatic rings. The van der Waals surface area contributed by atoms with Gasteiger partial charge in [0.05, 0.1) is 0 Å². The lowest BCUT2D eigenvalue weighted by Gasteiger charge is -2.57. The minimum absolute atomic E-state index is 0.00184. The van der Waals surface area contributed by atoms with Gasteiger partial charge in [-0.05, 0) is 31.9 Å².